The normalized spacial score (nSPS) is 19.0. The van der Waals surface area contributed by atoms with Crippen LogP contribution in [0.2, 0.25) is 0 Å². The Morgan fingerprint density at radius 1 is 1.09 bits per heavy atom. The van der Waals surface area contributed by atoms with Gasteiger partial charge in [0.25, 0.3) is 0 Å². The first-order chi connectivity index (χ1) is 10.6. The predicted molar refractivity (Wildman–Crippen MR) is 67.7 cm³/mol. The summed E-state index contributed by atoms with van der Waals surface area (Å²) in [5.41, 5.74) is -1.07. The predicted octanol–water partition coefficient (Wildman–Crippen LogP) is 1.54. The van der Waals surface area contributed by atoms with E-state index in [4.69, 9.17) is 5.11 Å². The standard InChI is InChI=1S/C12H14F6N4O/c13-11(14,15)8-1-2-19-10(20-8)22-5-3-21(4-6-22)7-9(23)12(16,17)18/h1-2,9,23H,3-7H2/t9-/m0/s1. The van der Waals surface area contributed by atoms with Crippen molar-refractivity contribution < 1.29 is 31.4 Å². The molecule has 1 atom stereocenters. The molecule has 2 heterocycles. The van der Waals surface area contributed by atoms with Crippen LogP contribution < -0.4 is 4.90 Å². The highest BCUT2D eigenvalue weighted by molar-refractivity contribution is 5.31. The number of hydrogen-bond donors (Lipinski definition) is 1. The minimum absolute atomic E-state index is 0.115. The average Bonchev–Trinajstić information content (AvgIpc) is 2.46. The number of anilines is 1. The van der Waals surface area contributed by atoms with E-state index in [2.05, 4.69) is 9.97 Å². The third kappa shape index (κ3) is 4.67. The number of alkyl halides is 6. The molecule has 23 heavy (non-hydrogen) atoms. The van der Waals surface area contributed by atoms with Crippen LogP contribution in [0.5, 0.6) is 0 Å². The van der Waals surface area contributed by atoms with E-state index in [1.807, 2.05) is 0 Å². The second-order valence-electron chi connectivity index (χ2n) is 5.08. The molecule has 1 fully saturated rings. The van der Waals surface area contributed by atoms with Gasteiger partial charge in [0, 0.05) is 38.9 Å². The number of hydrogen-bond acceptors (Lipinski definition) is 5. The van der Waals surface area contributed by atoms with Crippen molar-refractivity contribution in [3.05, 3.63) is 18.0 Å². The zero-order chi connectivity index (χ0) is 17.3. The maximum absolute atomic E-state index is 12.6. The first kappa shape index (κ1) is 17.7. The van der Waals surface area contributed by atoms with Gasteiger partial charge in [0.1, 0.15) is 5.69 Å². The number of nitrogens with zero attached hydrogens (tertiary/aromatic N) is 4. The second kappa shape index (κ2) is 6.48. The Morgan fingerprint density at radius 2 is 1.70 bits per heavy atom. The van der Waals surface area contributed by atoms with Crippen molar-refractivity contribution in [3.8, 4) is 0 Å². The number of aliphatic hydroxyl groups is 1. The lowest BCUT2D eigenvalue weighted by Gasteiger charge is -2.35. The lowest BCUT2D eigenvalue weighted by molar-refractivity contribution is -0.208. The monoisotopic (exact) mass is 344 g/mol. The Kier molecular flexibility index (Phi) is 4.99. The second-order valence-corrected chi connectivity index (χ2v) is 5.08. The van der Waals surface area contributed by atoms with Crippen molar-refractivity contribution >= 4 is 5.95 Å². The van der Waals surface area contributed by atoms with Crippen LogP contribution in [-0.2, 0) is 6.18 Å². The third-order valence-electron chi connectivity index (χ3n) is 3.40. The first-order valence-electron chi connectivity index (χ1n) is 6.69. The molecule has 130 valence electrons. The Bertz CT molecular complexity index is 527. The van der Waals surface area contributed by atoms with Crippen molar-refractivity contribution in [1.82, 2.24) is 14.9 Å². The van der Waals surface area contributed by atoms with E-state index >= 15 is 0 Å². The number of aliphatic hydroxyl groups excluding tert-OH is 1. The first-order valence-corrected chi connectivity index (χ1v) is 6.69. The summed E-state index contributed by atoms with van der Waals surface area (Å²) in [5, 5.41) is 9.02. The third-order valence-corrected chi connectivity index (χ3v) is 3.40. The lowest BCUT2D eigenvalue weighted by Crippen LogP contribution is -2.51. The molecule has 1 aliphatic rings. The molecule has 1 saturated heterocycles. The highest BCUT2D eigenvalue weighted by atomic mass is 19.4. The van der Waals surface area contributed by atoms with Gasteiger partial charge in [-0.15, -0.1) is 0 Å². The van der Waals surface area contributed by atoms with Gasteiger partial charge in [-0.2, -0.15) is 26.3 Å². The van der Waals surface area contributed by atoms with Crippen LogP contribution in [0.1, 0.15) is 5.69 Å². The van der Waals surface area contributed by atoms with Crippen LogP contribution in [0, 0.1) is 0 Å². The Morgan fingerprint density at radius 3 is 2.22 bits per heavy atom. The van der Waals surface area contributed by atoms with E-state index < -0.39 is 30.7 Å². The average molecular weight is 344 g/mol. The number of piperazine rings is 1. The van der Waals surface area contributed by atoms with Gasteiger partial charge in [-0.25, -0.2) is 9.97 Å². The van der Waals surface area contributed by atoms with Crippen molar-refractivity contribution in [1.29, 1.82) is 0 Å². The van der Waals surface area contributed by atoms with E-state index in [0.29, 0.717) is 0 Å². The summed E-state index contributed by atoms with van der Waals surface area (Å²) in [6.07, 6.45) is -10.7. The summed E-state index contributed by atoms with van der Waals surface area (Å²) in [6.45, 7) is 0.0953. The molecule has 0 aromatic carbocycles. The highest BCUT2D eigenvalue weighted by Crippen LogP contribution is 2.28. The zero-order valence-corrected chi connectivity index (χ0v) is 11.8. The van der Waals surface area contributed by atoms with Crippen LogP contribution in [0.15, 0.2) is 12.3 Å². The maximum Gasteiger partial charge on any atom is 0.433 e. The van der Waals surface area contributed by atoms with Gasteiger partial charge in [0.05, 0.1) is 0 Å². The molecule has 2 rings (SSSR count). The van der Waals surface area contributed by atoms with Gasteiger partial charge in [-0.1, -0.05) is 0 Å². The molecule has 1 aromatic rings. The van der Waals surface area contributed by atoms with Crippen LogP contribution in [0.4, 0.5) is 32.3 Å². The molecule has 0 saturated carbocycles. The Labute approximate surface area is 127 Å². The van der Waals surface area contributed by atoms with E-state index in [1.54, 1.807) is 0 Å². The van der Waals surface area contributed by atoms with E-state index in [9.17, 15) is 26.3 Å². The minimum Gasteiger partial charge on any atom is -0.382 e. The Hall–Kier alpha value is -1.62. The molecule has 0 amide bonds. The van der Waals surface area contributed by atoms with Crippen molar-refractivity contribution in [3.63, 3.8) is 0 Å². The fraction of sp³-hybridized carbons (Fsp3) is 0.667. The quantitative estimate of drug-likeness (QED) is 0.843. The van der Waals surface area contributed by atoms with Crippen molar-refractivity contribution in [2.75, 3.05) is 37.6 Å². The summed E-state index contributed by atoms with van der Waals surface area (Å²) in [6, 6.07) is 0.749. The molecule has 5 nitrogen and oxygen atoms in total. The van der Waals surface area contributed by atoms with E-state index in [1.165, 1.54) is 9.80 Å². The molecule has 1 aromatic heterocycles. The SMILES string of the molecule is O[C@@H](CN1CCN(c2nccc(C(F)(F)F)n2)CC1)C(F)(F)F. The van der Waals surface area contributed by atoms with Crippen LogP contribution in [-0.4, -0.2) is 65.0 Å². The smallest absolute Gasteiger partial charge is 0.382 e. The zero-order valence-electron chi connectivity index (χ0n) is 11.8. The fourth-order valence-corrected chi connectivity index (χ4v) is 2.14. The lowest BCUT2D eigenvalue weighted by atomic mass is 10.2. The molecule has 1 aliphatic heterocycles. The van der Waals surface area contributed by atoms with Crippen molar-refractivity contribution in [2.45, 2.75) is 18.5 Å². The fourth-order valence-electron chi connectivity index (χ4n) is 2.14. The molecule has 1 N–H and O–H groups in total. The summed E-state index contributed by atoms with van der Waals surface area (Å²) >= 11 is 0. The molecule has 0 unspecified atom stereocenters. The topological polar surface area (TPSA) is 52.5 Å². The van der Waals surface area contributed by atoms with E-state index in [0.717, 1.165) is 12.3 Å². The van der Waals surface area contributed by atoms with Crippen molar-refractivity contribution in [2.24, 2.45) is 0 Å². The Balaban J connectivity index is 1.95. The van der Waals surface area contributed by atoms with Crippen LogP contribution >= 0.6 is 0 Å². The molecule has 0 radical (unpaired) electrons. The number of β-amino-alcohol motifs (C(OH)–C–C–N with tert-alkyl or cyclic N) is 1. The van der Waals surface area contributed by atoms with Gasteiger partial charge in [-0.05, 0) is 6.07 Å². The van der Waals surface area contributed by atoms with Crippen LogP contribution in [0.25, 0.3) is 0 Å². The summed E-state index contributed by atoms with van der Waals surface area (Å²) in [7, 11) is 0. The minimum atomic E-state index is -4.69. The van der Waals surface area contributed by atoms with Gasteiger partial charge >= 0.3 is 12.4 Å². The molecular formula is C12H14F6N4O. The molecular weight excluding hydrogens is 330 g/mol. The summed E-state index contributed by atoms with van der Waals surface area (Å²) in [5.74, 6) is -0.115. The highest BCUT2D eigenvalue weighted by Gasteiger charge is 2.39. The number of rotatable bonds is 3. The van der Waals surface area contributed by atoms with E-state index in [-0.39, 0.29) is 32.1 Å². The molecule has 0 aliphatic carbocycles. The van der Waals surface area contributed by atoms with Crippen LogP contribution in [0.3, 0.4) is 0 Å². The summed E-state index contributed by atoms with van der Waals surface area (Å²) in [4.78, 5) is 10.1. The largest absolute Gasteiger partial charge is 0.433 e. The van der Waals surface area contributed by atoms with Gasteiger partial charge < -0.3 is 10.0 Å². The van der Waals surface area contributed by atoms with Gasteiger partial charge in [0.2, 0.25) is 5.95 Å². The summed E-state index contributed by atoms with van der Waals surface area (Å²) < 4.78 is 74.7. The van der Waals surface area contributed by atoms with Gasteiger partial charge in [-0.3, -0.25) is 4.90 Å². The maximum atomic E-state index is 12.6. The van der Waals surface area contributed by atoms with Gasteiger partial charge in [0.15, 0.2) is 6.10 Å². The molecule has 0 bridgehead atoms. The number of aromatic nitrogens is 2. The molecule has 11 heteroatoms. The number of halogens is 6. The molecule has 0 spiro atoms.